The third kappa shape index (κ3) is 5.77. The molecule has 1 aromatic carbocycles. The fourth-order valence-corrected chi connectivity index (χ4v) is 2.32. The largest absolute Gasteiger partial charge is 0.490 e. The molecule has 0 spiro atoms. The molecule has 6 nitrogen and oxygen atoms in total. The maximum absolute atomic E-state index is 11.8. The average Bonchev–Trinajstić information content (AvgIpc) is 2.38. The van der Waals surface area contributed by atoms with Gasteiger partial charge >= 0.3 is 0 Å². The Morgan fingerprint density at radius 1 is 1.35 bits per heavy atom. The molecule has 0 bridgehead atoms. The highest BCUT2D eigenvalue weighted by Crippen LogP contribution is 2.19. The summed E-state index contributed by atoms with van der Waals surface area (Å²) < 4.78 is 31.5. The number of ether oxygens (including phenoxy) is 1. The van der Waals surface area contributed by atoms with E-state index in [-0.39, 0.29) is 18.4 Å². The maximum Gasteiger partial charge on any atom is 0.215 e. The third-order valence-corrected chi connectivity index (χ3v) is 4.32. The molecule has 0 aliphatic carbocycles. The molecule has 0 radical (unpaired) electrons. The first-order valence-electron chi connectivity index (χ1n) is 6.43. The summed E-state index contributed by atoms with van der Waals surface area (Å²) in [4.78, 5) is 1.95. The van der Waals surface area contributed by atoms with Crippen molar-refractivity contribution in [3.63, 3.8) is 0 Å². The van der Waals surface area contributed by atoms with Crippen LogP contribution in [-0.4, -0.2) is 52.4 Å². The monoisotopic (exact) mass is 301 g/mol. The highest BCUT2D eigenvalue weighted by Gasteiger charge is 2.13. The van der Waals surface area contributed by atoms with Crippen LogP contribution >= 0.6 is 0 Å². The highest BCUT2D eigenvalue weighted by atomic mass is 32.2. The van der Waals surface area contributed by atoms with Crippen LogP contribution in [0.2, 0.25) is 0 Å². The molecule has 20 heavy (non-hydrogen) atoms. The number of rotatable bonds is 8. The summed E-state index contributed by atoms with van der Waals surface area (Å²) in [6.45, 7) is 2.40. The normalized spacial score (nSPS) is 13.4. The quantitative estimate of drug-likeness (QED) is 0.684. The van der Waals surface area contributed by atoms with Gasteiger partial charge in [0.25, 0.3) is 0 Å². The van der Waals surface area contributed by atoms with Gasteiger partial charge in [0.1, 0.15) is 12.4 Å². The third-order valence-electron chi connectivity index (χ3n) is 3.01. The first kappa shape index (κ1) is 16.7. The van der Waals surface area contributed by atoms with Gasteiger partial charge in [0.15, 0.2) is 0 Å². The molecule has 0 aliphatic heterocycles. The van der Waals surface area contributed by atoms with E-state index < -0.39 is 10.0 Å². The van der Waals surface area contributed by atoms with Crippen molar-refractivity contribution < 1.29 is 13.2 Å². The van der Waals surface area contributed by atoms with Crippen LogP contribution in [0, 0.1) is 0 Å². The topological polar surface area (TPSA) is 84.7 Å². The zero-order valence-corrected chi connectivity index (χ0v) is 13.0. The summed E-state index contributed by atoms with van der Waals surface area (Å²) in [5, 5.41) is 0. The van der Waals surface area contributed by atoms with E-state index in [1.807, 2.05) is 25.9 Å². The molecule has 0 fully saturated rings. The lowest BCUT2D eigenvalue weighted by Gasteiger charge is -2.20. The molecular formula is C13H23N3O3S. The zero-order chi connectivity index (χ0) is 15.2. The average molecular weight is 301 g/mol. The predicted molar refractivity (Wildman–Crippen MR) is 81.3 cm³/mol. The molecule has 7 heteroatoms. The highest BCUT2D eigenvalue weighted by molar-refractivity contribution is 7.89. The van der Waals surface area contributed by atoms with Crippen molar-refractivity contribution in [2.24, 2.45) is 0 Å². The minimum atomic E-state index is -3.34. The number of nitrogens with one attached hydrogen (secondary N) is 1. The van der Waals surface area contributed by atoms with Gasteiger partial charge in [0.05, 0.1) is 11.4 Å². The Morgan fingerprint density at radius 3 is 2.60 bits per heavy atom. The number of para-hydroxylation sites is 2. The molecule has 0 aliphatic rings. The maximum atomic E-state index is 11.8. The van der Waals surface area contributed by atoms with Gasteiger partial charge < -0.3 is 15.4 Å². The SMILES string of the molecule is CC(CNS(=O)(=O)CCOc1ccccc1N)N(C)C. The van der Waals surface area contributed by atoms with Crippen LogP contribution in [0.15, 0.2) is 24.3 Å². The van der Waals surface area contributed by atoms with Crippen molar-refractivity contribution in [3.8, 4) is 5.75 Å². The second-order valence-corrected chi connectivity index (χ2v) is 6.79. The lowest BCUT2D eigenvalue weighted by molar-refractivity contribution is 0.312. The summed E-state index contributed by atoms with van der Waals surface area (Å²) in [6.07, 6.45) is 0. The van der Waals surface area contributed by atoms with E-state index in [0.29, 0.717) is 18.0 Å². The van der Waals surface area contributed by atoms with Crippen LogP contribution in [0.3, 0.4) is 0 Å². The Hall–Kier alpha value is -1.31. The molecule has 1 rings (SSSR count). The van der Waals surface area contributed by atoms with Crippen LogP contribution in [0.5, 0.6) is 5.75 Å². The summed E-state index contributed by atoms with van der Waals surface area (Å²) in [7, 11) is 0.470. The van der Waals surface area contributed by atoms with Gasteiger partial charge in [0.2, 0.25) is 10.0 Å². The van der Waals surface area contributed by atoms with E-state index in [4.69, 9.17) is 10.5 Å². The molecule has 1 unspecified atom stereocenters. The van der Waals surface area contributed by atoms with Gasteiger partial charge in [-0.05, 0) is 33.2 Å². The lowest BCUT2D eigenvalue weighted by atomic mass is 10.3. The molecule has 0 saturated carbocycles. The van der Waals surface area contributed by atoms with Gasteiger partial charge in [-0.25, -0.2) is 13.1 Å². The number of likely N-dealkylation sites (N-methyl/N-ethyl adjacent to an activating group) is 1. The van der Waals surface area contributed by atoms with Gasteiger partial charge in [0, 0.05) is 12.6 Å². The van der Waals surface area contributed by atoms with Crippen LogP contribution in [0.1, 0.15) is 6.92 Å². The molecule has 0 aromatic heterocycles. The van der Waals surface area contributed by atoms with Crippen LogP contribution < -0.4 is 15.2 Å². The van der Waals surface area contributed by atoms with Gasteiger partial charge in [-0.2, -0.15) is 0 Å². The Balaban J connectivity index is 2.39. The number of nitrogens with zero attached hydrogens (tertiary/aromatic N) is 1. The smallest absolute Gasteiger partial charge is 0.215 e. The Labute approximate surface area is 121 Å². The van der Waals surface area contributed by atoms with E-state index in [1.165, 1.54) is 0 Å². The van der Waals surface area contributed by atoms with E-state index in [0.717, 1.165) is 0 Å². The van der Waals surface area contributed by atoms with E-state index in [2.05, 4.69) is 4.72 Å². The van der Waals surface area contributed by atoms with Gasteiger partial charge in [-0.1, -0.05) is 12.1 Å². The number of benzene rings is 1. The van der Waals surface area contributed by atoms with Crippen molar-refractivity contribution in [2.75, 3.05) is 38.7 Å². The predicted octanol–water partition coefficient (Wildman–Crippen LogP) is 0.517. The summed E-state index contributed by atoms with van der Waals surface area (Å²) >= 11 is 0. The van der Waals surface area contributed by atoms with Gasteiger partial charge in [-0.3, -0.25) is 0 Å². The molecule has 1 aromatic rings. The Kier molecular flexibility index (Phi) is 6.25. The van der Waals surface area contributed by atoms with Crippen molar-refractivity contribution >= 4 is 15.7 Å². The second-order valence-electron chi connectivity index (χ2n) is 4.87. The van der Waals surface area contributed by atoms with Gasteiger partial charge in [-0.15, -0.1) is 0 Å². The van der Waals surface area contributed by atoms with Crippen molar-refractivity contribution in [2.45, 2.75) is 13.0 Å². The number of sulfonamides is 1. The Bertz CT molecular complexity index is 517. The molecule has 0 saturated heterocycles. The van der Waals surface area contributed by atoms with E-state index in [1.54, 1.807) is 24.3 Å². The van der Waals surface area contributed by atoms with Crippen molar-refractivity contribution in [3.05, 3.63) is 24.3 Å². The number of nitrogen functional groups attached to an aromatic ring is 1. The van der Waals surface area contributed by atoms with E-state index >= 15 is 0 Å². The molecule has 0 heterocycles. The summed E-state index contributed by atoms with van der Waals surface area (Å²) in [5.41, 5.74) is 6.21. The zero-order valence-electron chi connectivity index (χ0n) is 12.2. The summed E-state index contributed by atoms with van der Waals surface area (Å²) in [5.74, 6) is 0.408. The first-order valence-corrected chi connectivity index (χ1v) is 8.08. The fraction of sp³-hybridized carbons (Fsp3) is 0.538. The number of hydrogen-bond donors (Lipinski definition) is 2. The standard InChI is InChI=1S/C13H23N3O3S/c1-11(16(2)3)10-15-20(17,18)9-8-19-13-7-5-4-6-12(13)14/h4-7,11,15H,8-10,14H2,1-3H3. The molecule has 0 amide bonds. The number of hydrogen-bond acceptors (Lipinski definition) is 5. The molecule has 1 atom stereocenters. The van der Waals surface area contributed by atoms with Crippen molar-refractivity contribution in [1.29, 1.82) is 0 Å². The summed E-state index contributed by atoms with van der Waals surface area (Å²) in [6, 6.07) is 7.14. The van der Waals surface area contributed by atoms with Crippen LogP contribution in [0.25, 0.3) is 0 Å². The van der Waals surface area contributed by atoms with E-state index in [9.17, 15) is 8.42 Å². The van der Waals surface area contributed by atoms with Crippen LogP contribution in [0.4, 0.5) is 5.69 Å². The lowest BCUT2D eigenvalue weighted by Crippen LogP contribution is -2.39. The molecule has 3 N–H and O–H groups in total. The second kappa shape index (κ2) is 7.47. The fourth-order valence-electron chi connectivity index (χ4n) is 1.38. The molecular weight excluding hydrogens is 278 g/mol. The van der Waals surface area contributed by atoms with Crippen LogP contribution in [-0.2, 0) is 10.0 Å². The number of anilines is 1. The Morgan fingerprint density at radius 2 is 2.00 bits per heavy atom. The minimum absolute atomic E-state index is 0.0693. The minimum Gasteiger partial charge on any atom is -0.490 e. The van der Waals surface area contributed by atoms with Crippen molar-refractivity contribution in [1.82, 2.24) is 9.62 Å². The number of nitrogens with two attached hydrogens (primary N) is 1. The first-order chi connectivity index (χ1) is 9.32. The molecule has 114 valence electrons.